The summed E-state index contributed by atoms with van der Waals surface area (Å²) in [6.07, 6.45) is 0.0927. The van der Waals surface area contributed by atoms with Crippen molar-refractivity contribution in [1.82, 2.24) is 10.0 Å². The SMILES string of the molecule is COc1ccc(CC(=O)NCCNS(=O)(=O)c2ccc([N+](=O)[O-])cc2)cc1OC. The smallest absolute Gasteiger partial charge is 0.269 e. The number of carbonyl (C=O) groups is 1. The topological polar surface area (TPSA) is 137 Å². The molecule has 1 amide bonds. The van der Waals surface area contributed by atoms with E-state index in [-0.39, 0.29) is 36.0 Å². The molecular weight excluding hydrogens is 402 g/mol. The van der Waals surface area contributed by atoms with Crippen LogP contribution in [0.3, 0.4) is 0 Å². The summed E-state index contributed by atoms with van der Waals surface area (Å²) in [5.41, 5.74) is 0.512. The largest absolute Gasteiger partial charge is 0.493 e. The summed E-state index contributed by atoms with van der Waals surface area (Å²) in [5.74, 6) is 0.776. The van der Waals surface area contributed by atoms with Gasteiger partial charge in [-0.05, 0) is 29.8 Å². The average molecular weight is 423 g/mol. The zero-order chi connectivity index (χ0) is 21.4. The molecule has 2 rings (SSSR count). The van der Waals surface area contributed by atoms with Crippen molar-refractivity contribution < 1.29 is 27.6 Å². The standard InChI is InChI=1S/C18H21N3O7S/c1-27-16-8-3-13(11-17(16)28-2)12-18(22)19-9-10-20-29(25,26)15-6-4-14(5-7-15)21(23)24/h3-8,11,20H,9-10,12H2,1-2H3,(H,19,22). The number of hydrogen-bond donors (Lipinski definition) is 2. The molecule has 156 valence electrons. The molecule has 29 heavy (non-hydrogen) atoms. The van der Waals surface area contributed by atoms with Gasteiger partial charge in [0.1, 0.15) is 0 Å². The predicted octanol–water partition coefficient (Wildman–Crippen LogP) is 1.25. The number of rotatable bonds is 10. The average Bonchev–Trinajstić information content (AvgIpc) is 2.71. The Morgan fingerprint density at radius 1 is 1.03 bits per heavy atom. The van der Waals surface area contributed by atoms with E-state index in [1.165, 1.54) is 14.2 Å². The van der Waals surface area contributed by atoms with Gasteiger partial charge >= 0.3 is 0 Å². The van der Waals surface area contributed by atoms with Crippen LogP contribution in [0.5, 0.6) is 11.5 Å². The fourth-order valence-electron chi connectivity index (χ4n) is 2.46. The highest BCUT2D eigenvalue weighted by atomic mass is 32.2. The molecule has 2 N–H and O–H groups in total. The van der Waals surface area contributed by atoms with Gasteiger partial charge in [0.2, 0.25) is 15.9 Å². The molecule has 10 nitrogen and oxygen atoms in total. The Morgan fingerprint density at radius 2 is 1.69 bits per heavy atom. The van der Waals surface area contributed by atoms with Gasteiger partial charge in [-0.3, -0.25) is 14.9 Å². The number of carbonyl (C=O) groups excluding carboxylic acids is 1. The van der Waals surface area contributed by atoms with Gasteiger partial charge in [0.05, 0.1) is 30.5 Å². The lowest BCUT2D eigenvalue weighted by Crippen LogP contribution is -2.35. The number of methoxy groups -OCH3 is 2. The van der Waals surface area contributed by atoms with Gasteiger partial charge in [-0.25, -0.2) is 13.1 Å². The Balaban J connectivity index is 1.83. The fourth-order valence-corrected chi connectivity index (χ4v) is 3.49. The number of benzene rings is 2. The Kier molecular flexibility index (Phi) is 7.51. The highest BCUT2D eigenvalue weighted by Gasteiger charge is 2.15. The summed E-state index contributed by atoms with van der Waals surface area (Å²) >= 11 is 0. The molecule has 0 atom stereocenters. The molecule has 0 fully saturated rings. The van der Waals surface area contributed by atoms with Crippen molar-refractivity contribution in [2.75, 3.05) is 27.3 Å². The van der Waals surface area contributed by atoms with Crippen LogP contribution in [0.2, 0.25) is 0 Å². The molecule has 0 saturated carbocycles. The number of nitrogens with one attached hydrogen (secondary N) is 2. The second-order valence-electron chi connectivity index (χ2n) is 5.86. The molecule has 0 bridgehead atoms. The van der Waals surface area contributed by atoms with Gasteiger partial charge in [-0.2, -0.15) is 0 Å². The van der Waals surface area contributed by atoms with E-state index in [4.69, 9.17) is 9.47 Å². The second kappa shape index (κ2) is 9.85. The minimum atomic E-state index is -3.83. The van der Waals surface area contributed by atoms with E-state index in [0.717, 1.165) is 24.3 Å². The summed E-state index contributed by atoms with van der Waals surface area (Å²) in [5, 5.41) is 13.2. The van der Waals surface area contributed by atoms with E-state index in [1.807, 2.05) is 0 Å². The molecule has 0 spiro atoms. The number of nitro groups is 1. The molecule has 0 aromatic heterocycles. The minimum absolute atomic E-state index is 0.0308. The maximum absolute atomic E-state index is 12.2. The summed E-state index contributed by atoms with van der Waals surface area (Å²) in [6.45, 7) is 0.0509. The molecular formula is C18H21N3O7S. The van der Waals surface area contributed by atoms with Crippen LogP contribution in [-0.2, 0) is 21.2 Å². The third kappa shape index (κ3) is 6.16. The highest BCUT2D eigenvalue weighted by molar-refractivity contribution is 7.89. The van der Waals surface area contributed by atoms with E-state index in [1.54, 1.807) is 18.2 Å². The van der Waals surface area contributed by atoms with E-state index in [0.29, 0.717) is 17.1 Å². The van der Waals surface area contributed by atoms with Gasteiger partial charge in [-0.15, -0.1) is 0 Å². The number of ether oxygens (including phenoxy) is 2. The van der Waals surface area contributed by atoms with Gasteiger partial charge in [-0.1, -0.05) is 6.07 Å². The number of amides is 1. The van der Waals surface area contributed by atoms with Gasteiger partial charge in [0.15, 0.2) is 11.5 Å². The van der Waals surface area contributed by atoms with Crippen molar-refractivity contribution in [2.24, 2.45) is 0 Å². The molecule has 0 saturated heterocycles. The normalized spacial score (nSPS) is 11.0. The highest BCUT2D eigenvalue weighted by Crippen LogP contribution is 2.27. The first kappa shape index (κ1) is 22.1. The third-order valence-corrected chi connectivity index (χ3v) is 5.39. The van der Waals surface area contributed by atoms with Crippen LogP contribution in [0, 0.1) is 10.1 Å². The van der Waals surface area contributed by atoms with E-state index in [9.17, 15) is 23.3 Å². The Labute approximate surface area is 168 Å². The molecule has 0 unspecified atom stereocenters. The van der Waals surface area contributed by atoms with Crippen LogP contribution >= 0.6 is 0 Å². The third-order valence-electron chi connectivity index (χ3n) is 3.91. The van der Waals surface area contributed by atoms with Crippen LogP contribution in [0.4, 0.5) is 5.69 Å². The van der Waals surface area contributed by atoms with Crippen LogP contribution < -0.4 is 19.5 Å². The molecule has 0 aliphatic carbocycles. The van der Waals surface area contributed by atoms with E-state index >= 15 is 0 Å². The first-order valence-electron chi connectivity index (χ1n) is 8.48. The molecule has 0 radical (unpaired) electrons. The van der Waals surface area contributed by atoms with E-state index in [2.05, 4.69) is 10.0 Å². The Bertz CT molecular complexity index is 975. The molecule has 0 heterocycles. The lowest BCUT2D eigenvalue weighted by molar-refractivity contribution is -0.384. The Hall–Kier alpha value is -3.18. The molecule has 11 heteroatoms. The van der Waals surface area contributed by atoms with Gasteiger partial charge in [0, 0.05) is 25.2 Å². The quantitative estimate of drug-likeness (QED) is 0.333. The van der Waals surface area contributed by atoms with Crippen molar-refractivity contribution in [3.05, 3.63) is 58.1 Å². The number of non-ortho nitro benzene ring substituents is 1. The van der Waals surface area contributed by atoms with Gasteiger partial charge < -0.3 is 14.8 Å². The van der Waals surface area contributed by atoms with Gasteiger partial charge in [0.25, 0.3) is 5.69 Å². The summed E-state index contributed by atoms with van der Waals surface area (Å²) < 4.78 is 37.0. The zero-order valence-electron chi connectivity index (χ0n) is 15.9. The first-order valence-corrected chi connectivity index (χ1v) is 9.97. The van der Waals surface area contributed by atoms with Crippen molar-refractivity contribution in [3.8, 4) is 11.5 Å². The summed E-state index contributed by atoms with van der Waals surface area (Å²) in [7, 11) is -0.816. The van der Waals surface area contributed by atoms with Crippen LogP contribution in [0.1, 0.15) is 5.56 Å². The number of nitro benzene ring substituents is 1. The van der Waals surface area contributed by atoms with E-state index < -0.39 is 14.9 Å². The number of hydrogen-bond acceptors (Lipinski definition) is 7. The van der Waals surface area contributed by atoms with Crippen molar-refractivity contribution in [2.45, 2.75) is 11.3 Å². The van der Waals surface area contributed by atoms with Crippen molar-refractivity contribution in [3.63, 3.8) is 0 Å². The van der Waals surface area contributed by atoms with Crippen molar-refractivity contribution >= 4 is 21.6 Å². The van der Waals surface area contributed by atoms with Crippen molar-refractivity contribution in [1.29, 1.82) is 0 Å². The lowest BCUT2D eigenvalue weighted by Gasteiger charge is -2.10. The maximum atomic E-state index is 12.2. The number of sulfonamides is 1. The number of nitrogens with zero attached hydrogens (tertiary/aromatic N) is 1. The Morgan fingerprint density at radius 3 is 2.28 bits per heavy atom. The maximum Gasteiger partial charge on any atom is 0.269 e. The molecule has 2 aromatic rings. The molecule has 0 aliphatic rings. The predicted molar refractivity (Wildman–Crippen MR) is 105 cm³/mol. The summed E-state index contributed by atoms with van der Waals surface area (Å²) in [6, 6.07) is 9.64. The van der Waals surface area contributed by atoms with Crippen LogP contribution in [0.25, 0.3) is 0 Å². The molecule has 0 aliphatic heterocycles. The molecule has 2 aromatic carbocycles. The van der Waals surface area contributed by atoms with Crippen LogP contribution in [0.15, 0.2) is 47.4 Å². The minimum Gasteiger partial charge on any atom is -0.493 e. The first-order chi connectivity index (χ1) is 13.8. The monoisotopic (exact) mass is 423 g/mol. The second-order valence-corrected chi connectivity index (χ2v) is 7.63. The summed E-state index contributed by atoms with van der Waals surface area (Å²) in [4.78, 5) is 21.9. The lowest BCUT2D eigenvalue weighted by atomic mass is 10.1. The fraction of sp³-hybridized carbons (Fsp3) is 0.278. The van der Waals surface area contributed by atoms with Crippen LogP contribution in [-0.4, -0.2) is 46.6 Å². The zero-order valence-corrected chi connectivity index (χ0v) is 16.7.